The summed E-state index contributed by atoms with van der Waals surface area (Å²) in [5, 5.41) is 4.70. The Kier molecular flexibility index (Phi) is 2.64. The van der Waals surface area contributed by atoms with Crippen LogP contribution in [0.15, 0.2) is 30.5 Å². The first-order valence-electron chi connectivity index (χ1n) is 5.70. The van der Waals surface area contributed by atoms with Crippen molar-refractivity contribution in [2.45, 2.75) is 6.54 Å². The molecule has 0 atom stereocenters. The quantitative estimate of drug-likeness (QED) is 0.786. The number of carbonyl (C=O) groups is 2. The van der Waals surface area contributed by atoms with E-state index in [1.54, 1.807) is 42.2 Å². The number of amides is 1. The first kappa shape index (κ1) is 11.9. The van der Waals surface area contributed by atoms with Gasteiger partial charge in [0.25, 0.3) is 11.7 Å². The summed E-state index contributed by atoms with van der Waals surface area (Å²) in [4.78, 5) is 25.2. The van der Waals surface area contributed by atoms with Crippen molar-refractivity contribution in [1.29, 1.82) is 0 Å². The number of aromatic nitrogens is 2. The Morgan fingerprint density at radius 3 is 2.74 bits per heavy atom. The largest absolute Gasteiger partial charge is 0.299 e. The summed E-state index contributed by atoms with van der Waals surface area (Å²) in [6.07, 6.45) is 1.79. The van der Waals surface area contributed by atoms with Crippen LogP contribution in [0.2, 0.25) is 5.02 Å². The third-order valence-electron chi connectivity index (χ3n) is 3.02. The Labute approximate surface area is 114 Å². The fourth-order valence-electron chi connectivity index (χ4n) is 2.13. The van der Waals surface area contributed by atoms with Crippen LogP contribution in [0, 0.1) is 0 Å². The molecule has 0 radical (unpaired) electrons. The summed E-state index contributed by atoms with van der Waals surface area (Å²) in [6, 6.07) is 6.62. The van der Waals surface area contributed by atoms with Gasteiger partial charge < -0.3 is 0 Å². The van der Waals surface area contributed by atoms with Gasteiger partial charge in [-0.2, -0.15) is 5.10 Å². The summed E-state index contributed by atoms with van der Waals surface area (Å²) in [5.41, 5.74) is 1.66. The molecule has 5 nitrogen and oxygen atoms in total. The van der Waals surface area contributed by atoms with Gasteiger partial charge in [0.05, 0.1) is 23.5 Å². The number of benzene rings is 1. The number of ketones is 1. The summed E-state index contributed by atoms with van der Waals surface area (Å²) in [5.74, 6) is -1.04. The van der Waals surface area contributed by atoms with Gasteiger partial charge in [-0.3, -0.25) is 19.2 Å². The Balaban J connectivity index is 2.01. The molecule has 6 heteroatoms. The van der Waals surface area contributed by atoms with E-state index in [0.29, 0.717) is 16.3 Å². The molecule has 2 aromatic rings. The van der Waals surface area contributed by atoms with Crippen LogP contribution in [0.5, 0.6) is 0 Å². The van der Waals surface area contributed by atoms with Crippen LogP contribution in [0.1, 0.15) is 16.1 Å². The number of anilines is 1. The third-order valence-corrected chi connectivity index (χ3v) is 3.26. The SMILES string of the molecule is Cn1ccc(CN2C(=O)C(=O)c3ccc(Cl)cc32)n1. The van der Waals surface area contributed by atoms with Crippen LogP contribution < -0.4 is 4.90 Å². The lowest BCUT2D eigenvalue weighted by molar-refractivity contribution is -0.114. The van der Waals surface area contributed by atoms with E-state index >= 15 is 0 Å². The molecule has 0 N–H and O–H groups in total. The summed E-state index contributed by atoms with van der Waals surface area (Å²) >= 11 is 5.92. The minimum atomic E-state index is -0.539. The first-order chi connectivity index (χ1) is 9.06. The van der Waals surface area contributed by atoms with E-state index in [4.69, 9.17) is 11.6 Å². The molecule has 19 heavy (non-hydrogen) atoms. The van der Waals surface area contributed by atoms with Crippen molar-refractivity contribution in [3.8, 4) is 0 Å². The zero-order chi connectivity index (χ0) is 13.6. The maximum Gasteiger partial charge on any atom is 0.299 e. The third kappa shape index (κ3) is 1.92. The van der Waals surface area contributed by atoms with E-state index in [1.807, 2.05) is 0 Å². The second-order valence-corrected chi connectivity index (χ2v) is 4.80. The number of carbonyl (C=O) groups excluding carboxylic acids is 2. The van der Waals surface area contributed by atoms with Crippen LogP contribution in [0.4, 0.5) is 5.69 Å². The van der Waals surface area contributed by atoms with Crippen molar-refractivity contribution in [2.75, 3.05) is 4.90 Å². The lowest BCUT2D eigenvalue weighted by Crippen LogP contribution is -2.29. The first-order valence-corrected chi connectivity index (χ1v) is 6.08. The van der Waals surface area contributed by atoms with Gasteiger partial charge >= 0.3 is 0 Å². The minimum Gasteiger partial charge on any atom is -0.299 e. The van der Waals surface area contributed by atoms with Crippen molar-refractivity contribution in [3.05, 3.63) is 46.7 Å². The number of Topliss-reactive ketones (excluding diaryl/α,β-unsaturated/α-hetero) is 1. The lowest BCUT2D eigenvalue weighted by atomic mass is 10.1. The highest BCUT2D eigenvalue weighted by Crippen LogP contribution is 2.32. The van der Waals surface area contributed by atoms with Gasteiger partial charge in [-0.05, 0) is 24.3 Å². The number of halogens is 1. The molecule has 1 aliphatic heterocycles. The molecule has 96 valence electrons. The molecule has 3 rings (SSSR count). The summed E-state index contributed by atoms with van der Waals surface area (Å²) in [6.45, 7) is 0.263. The standard InChI is InChI=1S/C13H10ClN3O2/c1-16-5-4-9(15-16)7-17-11-6-8(14)2-3-10(11)12(18)13(17)19/h2-6H,7H2,1H3. The van der Waals surface area contributed by atoms with Crippen LogP contribution in [-0.2, 0) is 18.4 Å². The van der Waals surface area contributed by atoms with Gasteiger partial charge in [0.1, 0.15) is 0 Å². The molecule has 1 aromatic heterocycles. The fraction of sp³-hybridized carbons (Fsp3) is 0.154. The van der Waals surface area contributed by atoms with Crippen molar-refractivity contribution in [1.82, 2.24) is 9.78 Å². The summed E-state index contributed by atoms with van der Waals surface area (Å²) < 4.78 is 1.65. The average molecular weight is 276 g/mol. The van der Waals surface area contributed by atoms with Gasteiger partial charge in [-0.25, -0.2) is 0 Å². The van der Waals surface area contributed by atoms with E-state index in [1.165, 1.54) is 4.90 Å². The fourth-order valence-corrected chi connectivity index (χ4v) is 2.30. The number of hydrogen-bond acceptors (Lipinski definition) is 3. The van der Waals surface area contributed by atoms with E-state index in [-0.39, 0.29) is 6.54 Å². The molecule has 0 unspecified atom stereocenters. The average Bonchev–Trinajstić information content (AvgIpc) is 2.88. The Morgan fingerprint density at radius 2 is 2.05 bits per heavy atom. The predicted molar refractivity (Wildman–Crippen MR) is 70.2 cm³/mol. The summed E-state index contributed by atoms with van der Waals surface area (Å²) in [7, 11) is 1.80. The topological polar surface area (TPSA) is 55.2 Å². The molecule has 0 aliphatic carbocycles. The van der Waals surface area contributed by atoms with E-state index in [9.17, 15) is 9.59 Å². The van der Waals surface area contributed by atoms with Crippen molar-refractivity contribution in [2.24, 2.45) is 7.05 Å². The van der Waals surface area contributed by atoms with E-state index in [2.05, 4.69) is 5.10 Å². The highest BCUT2D eigenvalue weighted by atomic mass is 35.5. The number of rotatable bonds is 2. The van der Waals surface area contributed by atoms with Crippen LogP contribution in [-0.4, -0.2) is 21.5 Å². The molecular weight excluding hydrogens is 266 g/mol. The second-order valence-electron chi connectivity index (χ2n) is 4.36. The van der Waals surface area contributed by atoms with Crippen molar-refractivity contribution in [3.63, 3.8) is 0 Å². The highest BCUT2D eigenvalue weighted by molar-refractivity contribution is 6.52. The molecule has 0 bridgehead atoms. The van der Waals surface area contributed by atoms with E-state index in [0.717, 1.165) is 5.69 Å². The van der Waals surface area contributed by atoms with Crippen molar-refractivity contribution < 1.29 is 9.59 Å². The Bertz CT molecular complexity index is 693. The van der Waals surface area contributed by atoms with Gasteiger partial charge in [0.2, 0.25) is 0 Å². The van der Waals surface area contributed by atoms with Crippen LogP contribution in [0.25, 0.3) is 0 Å². The van der Waals surface area contributed by atoms with Crippen LogP contribution in [0.3, 0.4) is 0 Å². The van der Waals surface area contributed by atoms with Gasteiger partial charge in [-0.1, -0.05) is 11.6 Å². The zero-order valence-corrected chi connectivity index (χ0v) is 10.9. The van der Waals surface area contributed by atoms with Crippen LogP contribution >= 0.6 is 11.6 Å². The normalized spacial score (nSPS) is 14.1. The molecule has 1 aromatic carbocycles. The maximum absolute atomic E-state index is 12.0. The molecule has 1 aliphatic rings. The van der Waals surface area contributed by atoms with E-state index < -0.39 is 11.7 Å². The molecule has 1 amide bonds. The minimum absolute atomic E-state index is 0.263. The molecule has 0 spiro atoms. The molecule has 2 heterocycles. The number of nitrogens with zero attached hydrogens (tertiary/aromatic N) is 3. The number of aryl methyl sites for hydroxylation is 1. The monoisotopic (exact) mass is 275 g/mol. The van der Waals surface area contributed by atoms with Gasteiger partial charge in [0.15, 0.2) is 0 Å². The zero-order valence-electron chi connectivity index (χ0n) is 10.1. The number of fused-ring (bicyclic) bond motifs is 1. The second kappa shape index (κ2) is 4.20. The highest BCUT2D eigenvalue weighted by Gasteiger charge is 2.36. The predicted octanol–water partition coefficient (Wildman–Crippen LogP) is 1.80. The molecule has 0 saturated carbocycles. The number of hydrogen-bond donors (Lipinski definition) is 0. The molecular formula is C13H10ClN3O2. The molecule has 0 saturated heterocycles. The maximum atomic E-state index is 12.0. The van der Waals surface area contributed by atoms with Gasteiger partial charge in [-0.15, -0.1) is 0 Å². The lowest BCUT2D eigenvalue weighted by Gasteiger charge is -2.14. The smallest absolute Gasteiger partial charge is 0.299 e. The van der Waals surface area contributed by atoms with Gasteiger partial charge in [0, 0.05) is 18.3 Å². The molecule has 0 fully saturated rings. The van der Waals surface area contributed by atoms with Crippen molar-refractivity contribution >= 4 is 29.0 Å². The Morgan fingerprint density at radius 1 is 1.26 bits per heavy atom. The Hall–Kier alpha value is -2.14.